The van der Waals surface area contributed by atoms with Crippen LogP contribution >= 0.6 is 23.2 Å². The molecule has 2 N–H and O–H groups in total. The number of benzene rings is 2. The van der Waals surface area contributed by atoms with Gasteiger partial charge >= 0.3 is 0 Å². The highest BCUT2D eigenvalue weighted by Crippen LogP contribution is 2.30. The van der Waals surface area contributed by atoms with E-state index in [2.05, 4.69) is 15.6 Å². The monoisotopic (exact) mass is 371 g/mol. The van der Waals surface area contributed by atoms with Crippen LogP contribution in [0, 0.1) is 0 Å². The van der Waals surface area contributed by atoms with Gasteiger partial charge in [-0.2, -0.15) is 0 Å². The van der Waals surface area contributed by atoms with E-state index in [-0.39, 0.29) is 11.6 Å². The van der Waals surface area contributed by atoms with Crippen molar-refractivity contribution in [2.75, 3.05) is 10.6 Å². The van der Waals surface area contributed by atoms with Gasteiger partial charge in [-0.1, -0.05) is 59.6 Å². The Labute approximate surface area is 155 Å². The first-order valence-electron chi connectivity index (χ1n) is 7.63. The van der Waals surface area contributed by atoms with E-state index >= 15 is 0 Å². The molecule has 0 saturated heterocycles. The second-order valence-electron chi connectivity index (χ2n) is 5.32. The minimum atomic E-state index is -0.371. The topological polar surface area (TPSA) is 54.0 Å². The highest BCUT2D eigenvalue weighted by molar-refractivity contribution is 6.39. The van der Waals surface area contributed by atoms with Gasteiger partial charge in [0.2, 0.25) is 0 Å². The quantitative estimate of drug-likeness (QED) is 0.643. The molecule has 126 valence electrons. The number of pyridine rings is 1. The number of nitrogens with one attached hydrogen (secondary N) is 2. The summed E-state index contributed by atoms with van der Waals surface area (Å²) in [5.74, 6) is -0.371. The van der Waals surface area contributed by atoms with Crippen molar-refractivity contribution in [2.24, 2.45) is 0 Å². The van der Waals surface area contributed by atoms with Crippen molar-refractivity contribution < 1.29 is 4.79 Å². The molecule has 0 unspecified atom stereocenters. The first-order valence-corrected chi connectivity index (χ1v) is 8.38. The number of para-hydroxylation sites is 1. The van der Waals surface area contributed by atoms with Gasteiger partial charge in [-0.05, 0) is 29.8 Å². The molecule has 0 aliphatic carbocycles. The van der Waals surface area contributed by atoms with Gasteiger partial charge in [0.1, 0.15) is 5.69 Å². The lowest BCUT2D eigenvalue weighted by atomic mass is 10.2. The first-order chi connectivity index (χ1) is 12.1. The fraction of sp³-hybridized carbons (Fsp3) is 0.0526. The molecule has 3 aromatic rings. The molecule has 25 heavy (non-hydrogen) atoms. The van der Waals surface area contributed by atoms with Crippen molar-refractivity contribution in [1.82, 2.24) is 4.98 Å². The van der Waals surface area contributed by atoms with E-state index in [1.165, 1.54) is 0 Å². The summed E-state index contributed by atoms with van der Waals surface area (Å²) in [4.78, 5) is 16.5. The van der Waals surface area contributed by atoms with E-state index in [9.17, 15) is 4.79 Å². The smallest absolute Gasteiger partial charge is 0.274 e. The molecule has 1 aromatic heterocycles. The minimum Gasteiger partial charge on any atom is -0.380 e. The van der Waals surface area contributed by atoms with Crippen LogP contribution < -0.4 is 10.6 Å². The van der Waals surface area contributed by atoms with E-state index in [4.69, 9.17) is 23.2 Å². The van der Waals surface area contributed by atoms with Crippen LogP contribution in [0.3, 0.4) is 0 Å². The fourth-order valence-electron chi connectivity index (χ4n) is 2.23. The van der Waals surface area contributed by atoms with Gasteiger partial charge in [0.15, 0.2) is 0 Å². The maximum Gasteiger partial charge on any atom is 0.274 e. The third-order valence-corrected chi connectivity index (χ3v) is 4.17. The molecule has 0 fully saturated rings. The predicted octanol–water partition coefficient (Wildman–Crippen LogP) is 5.25. The van der Waals surface area contributed by atoms with Crippen LogP contribution in [-0.2, 0) is 6.54 Å². The zero-order valence-corrected chi connectivity index (χ0v) is 14.7. The number of hydrogen-bond donors (Lipinski definition) is 2. The number of rotatable bonds is 5. The van der Waals surface area contributed by atoms with Crippen molar-refractivity contribution in [3.05, 3.63) is 88.2 Å². The van der Waals surface area contributed by atoms with Crippen molar-refractivity contribution in [3.63, 3.8) is 0 Å². The van der Waals surface area contributed by atoms with Gasteiger partial charge in [0, 0.05) is 6.54 Å². The van der Waals surface area contributed by atoms with Crippen molar-refractivity contribution in [2.45, 2.75) is 6.54 Å². The van der Waals surface area contributed by atoms with Crippen LogP contribution in [0.1, 0.15) is 16.1 Å². The zero-order valence-electron chi connectivity index (χ0n) is 13.2. The molecule has 1 heterocycles. The molecule has 1 amide bonds. The van der Waals surface area contributed by atoms with Crippen molar-refractivity contribution >= 4 is 40.5 Å². The normalized spacial score (nSPS) is 10.3. The number of halogens is 2. The molecule has 3 rings (SSSR count). The van der Waals surface area contributed by atoms with Crippen LogP contribution in [0.25, 0.3) is 0 Å². The van der Waals surface area contributed by atoms with Crippen molar-refractivity contribution in [3.8, 4) is 0 Å². The largest absolute Gasteiger partial charge is 0.380 e. The fourth-order valence-corrected chi connectivity index (χ4v) is 2.72. The van der Waals surface area contributed by atoms with E-state index in [1.807, 2.05) is 30.3 Å². The number of amides is 1. The number of carbonyl (C=O) groups is 1. The van der Waals surface area contributed by atoms with Gasteiger partial charge in [0.05, 0.1) is 27.6 Å². The second-order valence-corrected chi connectivity index (χ2v) is 6.14. The molecule has 0 radical (unpaired) electrons. The summed E-state index contributed by atoms with van der Waals surface area (Å²) in [6.45, 7) is 0.684. The summed E-state index contributed by atoms with van der Waals surface area (Å²) in [7, 11) is 0. The van der Waals surface area contributed by atoms with E-state index < -0.39 is 0 Å². The maximum absolute atomic E-state index is 12.3. The molecule has 0 spiro atoms. The SMILES string of the molecule is O=C(Nc1c(Cl)cccc1Cl)c1ccc(NCc2ccccc2)cn1. The second kappa shape index (κ2) is 8.01. The Morgan fingerprint density at radius 3 is 2.28 bits per heavy atom. The number of hydrogen-bond acceptors (Lipinski definition) is 3. The van der Waals surface area contributed by atoms with Crippen LogP contribution in [0.4, 0.5) is 11.4 Å². The molecule has 2 aromatic carbocycles. The van der Waals surface area contributed by atoms with Crippen LogP contribution in [-0.4, -0.2) is 10.9 Å². The third kappa shape index (κ3) is 4.50. The summed E-state index contributed by atoms with van der Waals surface area (Å²) in [6.07, 6.45) is 1.62. The molecule has 0 bridgehead atoms. The average Bonchev–Trinajstić information content (AvgIpc) is 2.64. The summed E-state index contributed by atoms with van der Waals surface area (Å²) in [6, 6.07) is 18.5. The summed E-state index contributed by atoms with van der Waals surface area (Å²) in [5.41, 5.74) is 2.65. The highest BCUT2D eigenvalue weighted by Gasteiger charge is 2.12. The van der Waals surface area contributed by atoms with Gasteiger partial charge in [-0.25, -0.2) is 4.98 Å². The lowest BCUT2D eigenvalue weighted by Crippen LogP contribution is -2.14. The number of nitrogens with zero attached hydrogens (tertiary/aromatic N) is 1. The highest BCUT2D eigenvalue weighted by atomic mass is 35.5. The molecular weight excluding hydrogens is 357 g/mol. The van der Waals surface area contributed by atoms with E-state index in [0.717, 1.165) is 11.3 Å². The van der Waals surface area contributed by atoms with Gasteiger partial charge < -0.3 is 10.6 Å². The number of carbonyl (C=O) groups excluding carboxylic acids is 1. The van der Waals surface area contributed by atoms with Crippen molar-refractivity contribution in [1.29, 1.82) is 0 Å². The standard InChI is InChI=1S/C19H15Cl2N3O/c20-15-7-4-8-16(21)18(15)24-19(25)17-10-9-14(12-23-17)22-11-13-5-2-1-3-6-13/h1-10,12,22H,11H2,(H,24,25). The average molecular weight is 372 g/mol. The van der Waals surface area contributed by atoms with Crippen LogP contribution in [0.15, 0.2) is 66.9 Å². The Kier molecular flexibility index (Phi) is 5.53. The van der Waals surface area contributed by atoms with E-state index in [0.29, 0.717) is 22.3 Å². The minimum absolute atomic E-state index is 0.279. The van der Waals surface area contributed by atoms with Gasteiger partial charge in [-0.3, -0.25) is 4.79 Å². The Balaban J connectivity index is 1.64. The first kappa shape index (κ1) is 17.3. The molecule has 6 heteroatoms. The van der Waals surface area contributed by atoms with E-state index in [1.54, 1.807) is 36.5 Å². The van der Waals surface area contributed by atoms with Crippen LogP contribution in [0.2, 0.25) is 10.0 Å². The Hall–Kier alpha value is -2.56. The lowest BCUT2D eigenvalue weighted by molar-refractivity contribution is 0.102. The zero-order chi connectivity index (χ0) is 17.6. The van der Waals surface area contributed by atoms with Crippen LogP contribution in [0.5, 0.6) is 0 Å². The summed E-state index contributed by atoms with van der Waals surface area (Å²) in [5, 5.41) is 6.70. The molecule has 0 aliphatic heterocycles. The third-order valence-electron chi connectivity index (χ3n) is 3.54. The Morgan fingerprint density at radius 2 is 1.64 bits per heavy atom. The summed E-state index contributed by atoms with van der Waals surface area (Å²) >= 11 is 12.1. The molecule has 0 saturated carbocycles. The molecule has 4 nitrogen and oxygen atoms in total. The molecular formula is C19H15Cl2N3O. The Bertz CT molecular complexity index is 847. The van der Waals surface area contributed by atoms with Gasteiger partial charge in [-0.15, -0.1) is 0 Å². The summed E-state index contributed by atoms with van der Waals surface area (Å²) < 4.78 is 0. The number of aromatic nitrogens is 1. The Morgan fingerprint density at radius 1 is 0.920 bits per heavy atom. The van der Waals surface area contributed by atoms with Gasteiger partial charge in [0.25, 0.3) is 5.91 Å². The molecule has 0 atom stereocenters. The number of anilines is 2. The molecule has 0 aliphatic rings. The lowest BCUT2D eigenvalue weighted by Gasteiger charge is -2.10. The maximum atomic E-state index is 12.3. The predicted molar refractivity (Wildman–Crippen MR) is 102 cm³/mol.